The molecule has 0 bridgehead atoms. The minimum Gasteiger partial charge on any atom is -0.144 e. The Balaban J connectivity index is 0.00000529. The Kier molecular flexibility index (Phi) is 17.1. The van der Waals surface area contributed by atoms with Crippen molar-refractivity contribution in [2.75, 3.05) is 0 Å². The molecule has 0 spiro atoms. The summed E-state index contributed by atoms with van der Waals surface area (Å²) in [6.07, 6.45) is 17.8. The van der Waals surface area contributed by atoms with Gasteiger partial charge < -0.3 is 0 Å². The third-order valence-corrected chi connectivity index (χ3v) is 9.43. The molecular weight excluding hydrogens is 428 g/mol. The summed E-state index contributed by atoms with van der Waals surface area (Å²) in [7, 11) is 0. The fourth-order valence-corrected chi connectivity index (χ4v) is 6.64. The maximum absolute atomic E-state index is 2.44. The van der Waals surface area contributed by atoms with Crippen molar-refractivity contribution in [1.29, 1.82) is 0 Å². The first-order chi connectivity index (χ1) is 16.0. The minimum absolute atomic E-state index is 0.239. The number of thiophene rings is 1. The van der Waals surface area contributed by atoms with E-state index < -0.39 is 0 Å². The second kappa shape index (κ2) is 17.2. The quantitative estimate of drug-likeness (QED) is 0.213. The van der Waals surface area contributed by atoms with Crippen LogP contribution in [0.25, 0.3) is 0 Å². The third-order valence-electron chi connectivity index (χ3n) is 7.30. The molecular formula is C33H64S. The van der Waals surface area contributed by atoms with Gasteiger partial charge >= 0.3 is 0 Å². The molecule has 1 aromatic heterocycles. The van der Waals surface area contributed by atoms with Crippen LogP contribution in [0.3, 0.4) is 0 Å². The summed E-state index contributed by atoms with van der Waals surface area (Å²) < 4.78 is 0. The van der Waals surface area contributed by atoms with Gasteiger partial charge in [0.25, 0.3) is 0 Å². The summed E-state index contributed by atoms with van der Waals surface area (Å²) in [5.74, 6) is 1.68. The van der Waals surface area contributed by atoms with E-state index in [1.807, 2.05) is 13.8 Å². The van der Waals surface area contributed by atoms with Gasteiger partial charge in [-0.25, -0.2) is 0 Å². The highest BCUT2D eigenvalue weighted by Crippen LogP contribution is 2.45. The molecule has 1 heteroatoms. The molecule has 0 aliphatic carbocycles. The molecule has 34 heavy (non-hydrogen) atoms. The Morgan fingerprint density at radius 2 is 0.912 bits per heavy atom. The molecule has 0 aromatic carbocycles. The van der Waals surface area contributed by atoms with Crippen LogP contribution in [0.5, 0.6) is 0 Å². The summed E-state index contributed by atoms with van der Waals surface area (Å²) in [4.78, 5) is 3.38. The second-order valence-electron chi connectivity index (χ2n) is 12.5. The van der Waals surface area contributed by atoms with Crippen LogP contribution in [0.1, 0.15) is 175 Å². The smallest absolute Gasteiger partial charge is 0.0137 e. The maximum Gasteiger partial charge on any atom is 0.0137 e. The summed E-state index contributed by atoms with van der Waals surface area (Å²) in [6, 6.07) is 0. The Labute approximate surface area is 221 Å². The zero-order valence-electron chi connectivity index (χ0n) is 25.8. The largest absolute Gasteiger partial charge is 0.144 e. The molecule has 202 valence electrons. The van der Waals surface area contributed by atoms with E-state index in [2.05, 4.69) is 80.6 Å². The zero-order valence-corrected chi connectivity index (χ0v) is 26.6. The normalized spacial score (nSPS) is 14.0. The van der Waals surface area contributed by atoms with Crippen molar-refractivity contribution < 1.29 is 0 Å². The van der Waals surface area contributed by atoms with Crippen molar-refractivity contribution in [1.82, 2.24) is 0 Å². The Morgan fingerprint density at radius 1 is 0.559 bits per heavy atom. The van der Waals surface area contributed by atoms with E-state index in [1.165, 1.54) is 83.5 Å². The fraction of sp³-hybridized carbons (Fsp3) is 0.879. The SMILES string of the molecule is CC.CCCCCCC(CC)Cc1c(C(C)(C)C)sc(C(C)(C)C)c1CC(CC)CCCCC. The van der Waals surface area contributed by atoms with E-state index in [-0.39, 0.29) is 10.8 Å². The van der Waals surface area contributed by atoms with E-state index in [4.69, 9.17) is 0 Å². The molecule has 0 saturated carbocycles. The molecule has 0 N–H and O–H groups in total. The van der Waals surface area contributed by atoms with E-state index in [0.29, 0.717) is 0 Å². The van der Waals surface area contributed by atoms with Crippen LogP contribution < -0.4 is 0 Å². The lowest BCUT2D eigenvalue weighted by Gasteiger charge is -2.25. The first kappa shape index (κ1) is 33.7. The van der Waals surface area contributed by atoms with E-state index in [1.54, 1.807) is 20.9 Å². The first-order valence-electron chi connectivity index (χ1n) is 15.1. The van der Waals surface area contributed by atoms with Gasteiger partial charge in [0.2, 0.25) is 0 Å². The Morgan fingerprint density at radius 3 is 1.24 bits per heavy atom. The highest BCUT2D eigenvalue weighted by molar-refractivity contribution is 7.12. The van der Waals surface area contributed by atoms with Crippen molar-refractivity contribution in [2.24, 2.45) is 11.8 Å². The summed E-state index contributed by atoms with van der Waals surface area (Å²) in [5, 5.41) is 0. The van der Waals surface area contributed by atoms with Crippen molar-refractivity contribution in [2.45, 2.75) is 177 Å². The average molecular weight is 493 g/mol. The molecule has 2 atom stereocenters. The molecule has 2 unspecified atom stereocenters. The van der Waals surface area contributed by atoms with Crippen LogP contribution >= 0.6 is 11.3 Å². The summed E-state index contributed by atoms with van der Waals surface area (Å²) in [5.41, 5.74) is 4.01. The second-order valence-corrected chi connectivity index (χ2v) is 13.5. The Hall–Kier alpha value is -0.300. The molecule has 0 saturated heterocycles. The van der Waals surface area contributed by atoms with Gasteiger partial charge in [-0.3, -0.25) is 0 Å². The van der Waals surface area contributed by atoms with E-state index in [9.17, 15) is 0 Å². The number of unbranched alkanes of at least 4 members (excludes halogenated alkanes) is 5. The first-order valence-corrected chi connectivity index (χ1v) is 16.0. The number of rotatable bonds is 15. The maximum atomic E-state index is 2.44. The van der Waals surface area contributed by atoms with Crippen LogP contribution in [-0.2, 0) is 23.7 Å². The number of hydrogen-bond donors (Lipinski definition) is 0. The van der Waals surface area contributed by atoms with Gasteiger partial charge in [0, 0.05) is 9.75 Å². The van der Waals surface area contributed by atoms with E-state index in [0.717, 1.165) is 11.8 Å². The van der Waals surface area contributed by atoms with Crippen LogP contribution in [0, 0.1) is 11.8 Å². The molecule has 0 amide bonds. The topological polar surface area (TPSA) is 0 Å². The van der Waals surface area contributed by atoms with Crippen LogP contribution in [0.15, 0.2) is 0 Å². The lowest BCUT2D eigenvalue weighted by atomic mass is 9.79. The van der Waals surface area contributed by atoms with Crippen LogP contribution in [0.2, 0.25) is 0 Å². The Bertz CT molecular complexity index is 622. The van der Waals surface area contributed by atoms with Gasteiger partial charge in [0.05, 0.1) is 0 Å². The van der Waals surface area contributed by atoms with Gasteiger partial charge in [-0.2, -0.15) is 0 Å². The van der Waals surface area contributed by atoms with Gasteiger partial charge in [-0.15, -0.1) is 11.3 Å². The van der Waals surface area contributed by atoms with Crippen LogP contribution in [-0.4, -0.2) is 0 Å². The van der Waals surface area contributed by atoms with Crippen LogP contribution in [0.4, 0.5) is 0 Å². The molecule has 1 rings (SSSR count). The van der Waals surface area contributed by atoms with Crippen molar-refractivity contribution >= 4 is 11.3 Å². The summed E-state index contributed by atoms with van der Waals surface area (Å²) >= 11 is 2.17. The predicted molar refractivity (Wildman–Crippen MR) is 161 cm³/mol. The molecule has 0 aliphatic rings. The van der Waals surface area contributed by atoms with Gasteiger partial charge in [-0.05, 0) is 46.6 Å². The van der Waals surface area contributed by atoms with E-state index >= 15 is 0 Å². The highest BCUT2D eigenvalue weighted by Gasteiger charge is 2.32. The van der Waals surface area contributed by atoms with Gasteiger partial charge in [0.1, 0.15) is 0 Å². The number of hydrogen-bond acceptors (Lipinski definition) is 1. The molecule has 0 aliphatic heterocycles. The monoisotopic (exact) mass is 492 g/mol. The van der Waals surface area contributed by atoms with Gasteiger partial charge in [0.15, 0.2) is 0 Å². The highest BCUT2D eigenvalue weighted by atomic mass is 32.1. The standard InChI is InChI=1S/C31H58S.C2H6/c1-11-15-17-19-21-25(14-4)23-27-26(22-24(13-3)20-18-16-12-2)28(30(5,6)7)32-29(27)31(8,9)10;1-2/h24-25H,11-23H2,1-10H3;1-2H3. The van der Waals surface area contributed by atoms with Gasteiger partial charge in [-0.1, -0.05) is 154 Å². The minimum atomic E-state index is 0.239. The van der Waals surface area contributed by atoms with Crippen molar-refractivity contribution in [3.05, 3.63) is 20.9 Å². The summed E-state index contributed by atoms with van der Waals surface area (Å²) in [6.45, 7) is 28.2. The average Bonchev–Trinajstić information content (AvgIpc) is 3.15. The molecule has 1 aromatic rings. The fourth-order valence-electron chi connectivity index (χ4n) is 5.16. The van der Waals surface area contributed by atoms with Crippen molar-refractivity contribution in [3.63, 3.8) is 0 Å². The molecule has 0 radical (unpaired) electrons. The molecule has 1 heterocycles. The van der Waals surface area contributed by atoms with Crippen molar-refractivity contribution in [3.8, 4) is 0 Å². The zero-order chi connectivity index (χ0) is 26.4. The lowest BCUT2D eigenvalue weighted by molar-refractivity contribution is 0.422. The molecule has 0 nitrogen and oxygen atoms in total. The lowest BCUT2D eigenvalue weighted by Crippen LogP contribution is -2.17. The third kappa shape index (κ3) is 11.6. The molecule has 0 fully saturated rings. The predicted octanol–water partition coefficient (Wildman–Crippen LogP) is 12.1.